The van der Waals surface area contributed by atoms with Crippen molar-refractivity contribution in [3.8, 4) is 0 Å². The fourth-order valence-corrected chi connectivity index (χ4v) is 1.98. The largest absolute Gasteiger partial charge is 0.339 e. The Hall–Kier alpha value is -0.810. The van der Waals surface area contributed by atoms with Crippen LogP contribution in [0.15, 0.2) is 0 Å². The molecule has 5 nitrogen and oxygen atoms in total. The van der Waals surface area contributed by atoms with Crippen LogP contribution in [0, 0.1) is 5.41 Å². The summed E-state index contributed by atoms with van der Waals surface area (Å²) < 4.78 is 0. The minimum Gasteiger partial charge on any atom is -0.339 e. The van der Waals surface area contributed by atoms with Gasteiger partial charge in [0.1, 0.15) is 0 Å². The van der Waals surface area contributed by atoms with E-state index >= 15 is 0 Å². The lowest BCUT2D eigenvalue weighted by Crippen LogP contribution is -2.49. The number of carbonyl (C=O) groups is 2. The van der Waals surface area contributed by atoms with Crippen molar-refractivity contribution in [2.75, 3.05) is 39.8 Å². The third-order valence-corrected chi connectivity index (χ3v) is 3.36. The molecule has 1 aliphatic rings. The SMILES string of the molecule is CN(CC(=O)N1CCNCC1)C(=O)CCC(C)(C)C.Cl. The number of amides is 2. The molecule has 6 heteroatoms. The fraction of sp³-hybridized carbons (Fsp3) is 0.857. The molecule has 0 aliphatic carbocycles. The maximum absolute atomic E-state index is 12.0. The number of likely N-dealkylation sites (N-methyl/N-ethyl adjacent to an activating group) is 1. The van der Waals surface area contributed by atoms with E-state index < -0.39 is 0 Å². The van der Waals surface area contributed by atoms with Crippen LogP contribution in [0.3, 0.4) is 0 Å². The topological polar surface area (TPSA) is 52.7 Å². The van der Waals surface area contributed by atoms with Gasteiger partial charge in [-0.25, -0.2) is 0 Å². The van der Waals surface area contributed by atoms with E-state index in [1.165, 1.54) is 0 Å². The van der Waals surface area contributed by atoms with Crippen LogP contribution in [0.2, 0.25) is 0 Å². The Morgan fingerprint density at radius 3 is 2.25 bits per heavy atom. The first-order valence-corrected chi connectivity index (χ1v) is 7.02. The molecule has 1 saturated heterocycles. The minimum atomic E-state index is 0. The zero-order valence-corrected chi connectivity index (χ0v) is 13.9. The van der Waals surface area contributed by atoms with Crippen molar-refractivity contribution in [2.24, 2.45) is 5.41 Å². The number of rotatable bonds is 4. The molecular formula is C14H28ClN3O2. The van der Waals surface area contributed by atoms with E-state index in [9.17, 15) is 9.59 Å². The predicted molar refractivity (Wildman–Crippen MR) is 83.0 cm³/mol. The van der Waals surface area contributed by atoms with Gasteiger partial charge in [0.2, 0.25) is 11.8 Å². The molecule has 0 unspecified atom stereocenters. The Labute approximate surface area is 128 Å². The lowest BCUT2D eigenvalue weighted by molar-refractivity contribution is -0.140. The molecule has 0 bridgehead atoms. The summed E-state index contributed by atoms with van der Waals surface area (Å²) in [5.74, 6) is 0.103. The molecule has 0 saturated carbocycles. The Bertz CT molecular complexity index is 323. The van der Waals surface area contributed by atoms with E-state index in [0.29, 0.717) is 6.42 Å². The Kier molecular flexibility index (Phi) is 8.13. The maximum Gasteiger partial charge on any atom is 0.242 e. The minimum absolute atomic E-state index is 0. The second-order valence-corrected chi connectivity index (χ2v) is 6.44. The first-order valence-electron chi connectivity index (χ1n) is 7.02. The van der Waals surface area contributed by atoms with Gasteiger partial charge in [0.25, 0.3) is 0 Å². The molecule has 20 heavy (non-hydrogen) atoms. The number of piperazine rings is 1. The number of carbonyl (C=O) groups excluding carboxylic acids is 2. The molecule has 0 radical (unpaired) electrons. The summed E-state index contributed by atoms with van der Waals surface area (Å²) in [4.78, 5) is 27.3. The fourth-order valence-electron chi connectivity index (χ4n) is 1.98. The zero-order chi connectivity index (χ0) is 14.5. The molecule has 0 spiro atoms. The van der Waals surface area contributed by atoms with Gasteiger partial charge in [-0.2, -0.15) is 0 Å². The van der Waals surface area contributed by atoms with E-state index in [4.69, 9.17) is 0 Å². The third-order valence-electron chi connectivity index (χ3n) is 3.36. The van der Waals surface area contributed by atoms with Crippen molar-refractivity contribution in [1.29, 1.82) is 0 Å². The Balaban J connectivity index is 0.00000361. The normalized spacial score (nSPS) is 15.5. The van der Waals surface area contributed by atoms with Gasteiger partial charge in [0, 0.05) is 39.6 Å². The number of nitrogens with zero attached hydrogens (tertiary/aromatic N) is 2. The summed E-state index contributed by atoms with van der Waals surface area (Å²) in [6, 6.07) is 0. The molecule has 1 aliphatic heterocycles. The van der Waals surface area contributed by atoms with Gasteiger partial charge in [0.05, 0.1) is 6.54 Å². The van der Waals surface area contributed by atoms with Crippen molar-refractivity contribution >= 4 is 24.2 Å². The molecule has 1 N–H and O–H groups in total. The van der Waals surface area contributed by atoms with Crippen LogP contribution in [-0.2, 0) is 9.59 Å². The average molecular weight is 306 g/mol. The predicted octanol–water partition coefficient (Wildman–Crippen LogP) is 1.12. The van der Waals surface area contributed by atoms with Crippen molar-refractivity contribution in [3.63, 3.8) is 0 Å². The van der Waals surface area contributed by atoms with Crippen LogP contribution in [0.25, 0.3) is 0 Å². The highest BCUT2D eigenvalue weighted by molar-refractivity contribution is 5.85. The van der Waals surface area contributed by atoms with Crippen molar-refractivity contribution in [2.45, 2.75) is 33.6 Å². The van der Waals surface area contributed by atoms with Gasteiger partial charge in [-0.05, 0) is 11.8 Å². The highest BCUT2D eigenvalue weighted by atomic mass is 35.5. The zero-order valence-electron chi connectivity index (χ0n) is 13.1. The third kappa shape index (κ3) is 7.10. The summed E-state index contributed by atoms with van der Waals surface area (Å²) >= 11 is 0. The molecule has 0 aromatic rings. The van der Waals surface area contributed by atoms with Crippen LogP contribution in [0.4, 0.5) is 0 Å². The van der Waals surface area contributed by atoms with Gasteiger partial charge >= 0.3 is 0 Å². The molecule has 0 atom stereocenters. The van der Waals surface area contributed by atoms with E-state index in [1.54, 1.807) is 11.9 Å². The molecule has 1 fully saturated rings. The molecule has 2 amide bonds. The monoisotopic (exact) mass is 305 g/mol. The van der Waals surface area contributed by atoms with E-state index in [-0.39, 0.29) is 36.2 Å². The number of hydrogen-bond donors (Lipinski definition) is 1. The molecule has 0 aromatic carbocycles. The Morgan fingerprint density at radius 1 is 1.20 bits per heavy atom. The van der Waals surface area contributed by atoms with Crippen LogP contribution < -0.4 is 5.32 Å². The molecular weight excluding hydrogens is 278 g/mol. The average Bonchev–Trinajstić information content (AvgIpc) is 2.36. The van der Waals surface area contributed by atoms with Crippen LogP contribution in [-0.4, -0.2) is 61.4 Å². The summed E-state index contributed by atoms with van der Waals surface area (Å²) in [5.41, 5.74) is 0.152. The van der Waals surface area contributed by atoms with Crippen LogP contribution in [0.1, 0.15) is 33.6 Å². The molecule has 118 valence electrons. The number of hydrogen-bond acceptors (Lipinski definition) is 3. The van der Waals surface area contributed by atoms with Crippen molar-refractivity contribution < 1.29 is 9.59 Å². The lowest BCUT2D eigenvalue weighted by atomic mass is 9.90. The second-order valence-electron chi connectivity index (χ2n) is 6.44. The number of halogens is 1. The first-order chi connectivity index (χ1) is 8.79. The van der Waals surface area contributed by atoms with Gasteiger partial charge in [-0.15, -0.1) is 12.4 Å². The van der Waals surface area contributed by atoms with Crippen LogP contribution in [0.5, 0.6) is 0 Å². The van der Waals surface area contributed by atoms with E-state index in [0.717, 1.165) is 32.6 Å². The summed E-state index contributed by atoms with van der Waals surface area (Å²) in [5, 5.41) is 3.21. The van der Waals surface area contributed by atoms with Gasteiger partial charge < -0.3 is 15.1 Å². The molecule has 1 rings (SSSR count). The standard InChI is InChI=1S/C14H27N3O2.ClH/c1-14(2,3)6-5-12(18)16(4)11-13(19)17-9-7-15-8-10-17;/h15H,5-11H2,1-4H3;1H. The summed E-state index contributed by atoms with van der Waals surface area (Å²) in [6.45, 7) is 9.71. The maximum atomic E-state index is 12.0. The summed E-state index contributed by atoms with van der Waals surface area (Å²) in [7, 11) is 1.71. The van der Waals surface area contributed by atoms with Gasteiger partial charge in [-0.1, -0.05) is 20.8 Å². The second kappa shape index (κ2) is 8.47. The van der Waals surface area contributed by atoms with Gasteiger partial charge in [0.15, 0.2) is 0 Å². The summed E-state index contributed by atoms with van der Waals surface area (Å²) in [6.07, 6.45) is 1.35. The van der Waals surface area contributed by atoms with Gasteiger partial charge in [-0.3, -0.25) is 9.59 Å². The highest BCUT2D eigenvalue weighted by Crippen LogP contribution is 2.20. The van der Waals surface area contributed by atoms with E-state index in [1.807, 2.05) is 4.90 Å². The number of nitrogens with one attached hydrogen (secondary N) is 1. The van der Waals surface area contributed by atoms with Crippen molar-refractivity contribution in [1.82, 2.24) is 15.1 Å². The molecule has 0 aromatic heterocycles. The van der Waals surface area contributed by atoms with Crippen molar-refractivity contribution in [3.05, 3.63) is 0 Å². The van der Waals surface area contributed by atoms with E-state index in [2.05, 4.69) is 26.1 Å². The highest BCUT2D eigenvalue weighted by Gasteiger charge is 2.21. The Morgan fingerprint density at radius 2 is 1.75 bits per heavy atom. The smallest absolute Gasteiger partial charge is 0.242 e. The lowest BCUT2D eigenvalue weighted by Gasteiger charge is -2.29. The van der Waals surface area contributed by atoms with Crippen LogP contribution >= 0.6 is 12.4 Å². The molecule has 1 heterocycles. The quantitative estimate of drug-likeness (QED) is 0.847. The first kappa shape index (κ1) is 19.2.